The quantitative estimate of drug-likeness (QED) is 0.437. The summed E-state index contributed by atoms with van der Waals surface area (Å²) in [5.74, 6) is 0.465. The molecule has 0 spiro atoms. The van der Waals surface area contributed by atoms with E-state index in [0.717, 1.165) is 27.9 Å². The highest BCUT2D eigenvalue weighted by Crippen LogP contribution is 2.28. The van der Waals surface area contributed by atoms with Crippen molar-refractivity contribution in [1.82, 2.24) is 19.9 Å². The average molecular weight is 400 g/mol. The third-order valence-electron chi connectivity index (χ3n) is 5.23. The zero-order valence-corrected chi connectivity index (χ0v) is 17.2. The Bertz CT molecular complexity index is 1220. The number of carbonyl (C=O) groups is 1. The number of aromatic nitrogens is 3. The molecule has 2 heterocycles. The Morgan fingerprint density at radius 2 is 1.90 bits per heavy atom. The van der Waals surface area contributed by atoms with Crippen LogP contribution >= 0.6 is 0 Å². The van der Waals surface area contributed by atoms with Gasteiger partial charge in [-0.1, -0.05) is 36.4 Å². The van der Waals surface area contributed by atoms with Crippen LogP contribution in [0.1, 0.15) is 40.0 Å². The van der Waals surface area contributed by atoms with E-state index in [1.165, 1.54) is 6.33 Å². The first-order valence-electron chi connectivity index (χ1n) is 9.76. The van der Waals surface area contributed by atoms with Gasteiger partial charge in [-0.05, 0) is 49.6 Å². The number of fused-ring (bicyclic) bond motifs is 1. The smallest absolute Gasteiger partial charge is 0.253 e. The van der Waals surface area contributed by atoms with Crippen molar-refractivity contribution in [3.8, 4) is 0 Å². The molecular formula is C23H24N6O. The van der Waals surface area contributed by atoms with E-state index in [0.29, 0.717) is 17.1 Å². The van der Waals surface area contributed by atoms with Gasteiger partial charge in [-0.2, -0.15) is 5.10 Å². The number of anilines is 3. The van der Waals surface area contributed by atoms with Crippen molar-refractivity contribution in [2.45, 2.75) is 26.8 Å². The second-order valence-corrected chi connectivity index (χ2v) is 7.37. The molecule has 0 aliphatic heterocycles. The molecule has 1 amide bonds. The lowest BCUT2D eigenvalue weighted by atomic mass is 10.1. The number of carbonyl (C=O) groups excluding carboxylic acids is 1. The molecule has 2 aromatic heterocycles. The third-order valence-corrected chi connectivity index (χ3v) is 5.23. The van der Waals surface area contributed by atoms with Gasteiger partial charge in [0.05, 0.1) is 11.6 Å². The summed E-state index contributed by atoms with van der Waals surface area (Å²) in [6.07, 6.45) is 3.20. The lowest BCUT2D eigenvalue weighted by Gasteiger charge is -2.14. The highest BCUT2D eigenvalue weighted by atomic mass is 16.1. The van der Waals surface area contributed by atoms with Crippen molar-refractivity contribution >= 4 is 28.6 Å². The van der Waals surface area contributed by atoms with Crippen molar-refractivity contribution in [2.24, 2.45) is 0 Å². The van der Waals surface area contributed by atoms with E-state index < -0.39 is 0 Å². The fourth-order valence-corrected chi connectivity index (χ4v) is 3.48. The molecule has 0 saturated carbocycles. The minimum absolute atomic E-state index is 0.111. The highest BCUT2D eigenvalue weighted by molar-refractivity contribution is 5.99. The summed E-state index contributed by atoms with van der Waals surface area (Å²) < 4.78 is 1.67. The van der Waals surface area contributed by atoms with Gasteiger partial charge in [0.2, 0.25) is 0 Å². The van der Waals surface area contributed by atoms with Gasteiger partial charge in [-0.3, -0.25) is 4.79 Å². The normalized spacial score (nSPS) is 12.0. The fraction of sp³-hybridized carbons (Fsp3) is 0.174. The molecular weight excluding hydrogens is 376 g/mol. The first-order valence-corrected chi connectivity index (χ1v) is 9.76. The number of hydrogen-bond acceptors (Lipinski definition) is 5. The lowest BCUT2D eigenvalue weighted by molar-refractivity contribution is 0.0939. The Balaban J connectivity index is 1.66. The molecule has 0 aliphatic carbocycles. The number of rotatable bonds is 5. The second kappa shape index (κ2) is 7.87. The van der Waals surface area contributed by atoms with Crippen molar-refractivity contribution < 1.29 is 4.79 Å². The van der Waals surface area contributed by atoms with E-state index >= 15 is 0 Å². The maximum Gasteiger partial charge on any atom is 0.253 e. The number of benzene rings is 2. The summed E-state index contributed by atoms with van der Waals surface area (Å²) in [5.41, 5.74) is 11.7. The molecule has 0 unspecified atom stereocenters. The van der Waals surface area contributed by atoms with Crippen molar-refractivity contribution in [2.75, 3.05) is 11.1 Å². The molecule has 4 aromatic rings. The summed E-state index contributed by atoms with van der Waals surface area (Å²) in [6.45, 7) is 5.86. The predicted octanol–water partition coefficient (Wildman–Crippen LogP) is 4.16. The molecule has 7 nitrogen and oxygen atoms in total. The van der Waals surface area contributed by atoms with Gasteiger partial charge in [0, 0.05) is 17.6 Å². The van der Waals surface area contributed by atoms with Gasteiger partial charge in [0.1, 0.15) is 11.8 Å². The van der Waals surface area contributed by atoms with Crippen LogP contribution in [0.4, 0.5) is 17.2 Å². The summed E-state index contributed by atoms with van der Waals surface area (Å²) in [5, 5.41) is 10.7. The summed E-state index contributed by atoms with van der Waals surface area (Å²) in [4.78, 5) is 17.4. The minimum atomic E-state index is -0.152. The van der Waals surface area contributed by atoms with E-state index in [1.54, 1.807) is 10.7 Å². The monoisotopic (exact) mass is 400 g/mol. The molecule has 4 rings (SSSR count). The van der Waals surface area contributed by atoms with E-state index in [4.69, 9.17) is 5.73 Å². The lowest BCUT2D eigenvalue weighted by Crippen LogP contribution is -2.26. The van der Waals surface area contributed by atoms with E-state index in [2.05, 4.69) is 20.7 Å². The molecule has 0 radical (unpaired) electrons. The molecule has 4 N–H and O–H groups in total. The van der Waals surface area contributed by atoms with Crippen LogP contribution in [0.2, 0.25) is 0 Å². The van der Waals surface area contributed by atoms with Gasteiger partial charge in [-0.15, -0.1) is 0 Å². The zero-order chi connectivity index (χ0) is 21.3. The van der Waals surface area contributed by atoms with Crippen LogP contribution < -0.4 is 16.4 Å². The summed E-state index contributed by atoms with van der Waals surface area (Å²) >= 11 is 0. The van der Waals surface area contributed by atoms with Crippen LogP contribution in [0.5, 0.6) is 0 Å². The fourth-order valence-electron chi connectivity index (χ4n) is 3.48. The third kappa shape index (κ3) is 3.69. The number of nitrogens with zero attached hydrogens (tertiary/aromatic N) is 3. The zero-order valence-electron chi connectivity index (χ0n) is 17.2. The number of aryl methyl sites for hydroxylation is 2. The molecule has 152 valence electrons. The van der Waals surface area contributed by atoms with Gasteiger partial charge >= 0.3 is 0 Å². The first-order chi connectivity index (χ1) is 14.4. The van der Waals surface area contributed by atoms with E-state index in [-0.39, 0.29) is 11.9 Å². The number of nitrogens with two attached hydrogens (primary N) is 1. The molecule has 0 bridgehead atoms. The van der Waals surface area contributed by atoms with Crippen LogP contribution in [0.25, 0.3) is 5.52 Å². The van der Waals surface area contributed by atoms with Crippen LogP contribution in [0, 0.1) is 13.8 Å². The standard InChI is InChI=1S/C23H24N6O/c1-14-9-10-18(24)11-20(14)28-22-21-15(2)19(12-29(21)26-13-25-22)23(30)27-16(3)17-7-5-4-6-8-17/h4-13,16H,24H2,1-3H3,(H,27,30)(H,25,26,28)/t16-/m0/s1. The van der Waals surface area contributed by atoms with Crippen LogP contribution in [0.15, 0.2) is 61.1 Å². The molecule has 7 heteroatoms. The minimum Gasteiger partial charge on any atom is -0.399 e. The van der Waals surface area contributed by atoms with E-state index in [9.17, 15) is 4.79 Å². The van der Waals surface area contributed by atoms with Gasteiger partial charge in [0.25, 0.3) is 5.91 Å². The number of nitrogens with one attached hydrogen (secondary N) is 2. The Morgan fingerprint density at radius 3 is 2.67 bits per heavy atom. The van der Waals surface area contributed by atoms with Crippen LogP contribution in [-0.2, 0) is 0 Å². The van der Waals surface area contributed by atoms with Crippen molar-refractivity contribution in [3.63, 3.8) is 0 Å². The maximum absolute atomic E-state index is 13.0. The molecule has 1 atom stereocenters. The Kier molecular flexibility index (Phi) is 5.10. The Morgan fingerprint density at radius 1 is 1.13 bits per heavy atom. The van der Waals surface area contributed by atoms with E-state index in [1.807, 2.05) is 69.3 Å². The second-order valence-electron chi connectivity index (χ2n) is 7.37. The number of nitrogen functional groups attached to an aromatic ring is 1. The van der Waals surface area contributed by atoms with Gasteiger partial charge in [0.15, 0.2) is 5.82 Å². The molecule has 0 saturated heterocycles. The molecule has 0 aliphatic rings. The van der Waals surface area contributed by atoms with Gasteiger partial charge < -0.3 is 16.4 Å². The predicted molar refractivity (Wildman–Crippen MR) is 119 cm³/mol. The molecule has 30 heavy (non-hydrogen) atoms. The average Bonchev–Trinajstić information content (AvgIpc) is 3.09. The Labute approximate surface area is 174 Å². The first kappa shape index (κ1) is 19.4. The summed E-state index contributed by atoms with van der Waals surface area (Å²) in [6, 6.07) is 15.4. The van der Waals surface area contributed by atoms with Crippen molar-refractivity contribution in [1.29, 1.82) is 0 Å². The number of hydrogen-bond donors (Lipinski definition) is 3. The Hall–Kier alpha value is -3.87. The van der Waals surface area contributed by atoms with Gasteiger partial charge in [-0.25, -0.2) is 9.50 Å². The molecule has 2 aromatic carbocycles. The largest absolute Gasteiger partial charge is 0.399 e. The maximum atomic E-state index is 13.0. The van der Waals surface area contributed by atoms with Crippen LogP contribution in [0.3, 0.4) is 0 Å². The highest BCUT2D eigenvalue weighted by Gasteiger charge is 2.20. The topological polar surface area (TPSA) is 97.3 Å². The van der Waals surface area contributed by atoms with Crippen molar-refractivity contribution in [3.05, 3.63) is 83.3 Å². The number of amides is 1. The SMILES string of the molecule is Cc1ccc(N)cc1Nc1ncnn2cc(C(=O)N[C@@H](C)c3ccccc3)c(C)c12. The summed E-state index contributed by atoms with van der Waals surface area (Å²) in [7, 11) is 0. The van der Waals surface area contributed by atoms with Crippen LogP contribution in [-0.4, -0.2) is 20.5 Å². The molecule has 0 fully saturated rings.